The summed E-state index contributed by atoms with van der Waals surface area (Å²) in [6.07, 6.45) is 1.86. The number of piperidine rings is 3. The number of nitrogens with zero attached hydrogens (tertiary/aromatic N) is 1. The number of nitrogens with one attached hydrogen (secondary N) is 1. The van der Waals surface area contributed by atoms with Crippen molar-refractivity contribution in [1.29, 1.82) is 0 Å². The van der Waals surface area contributed by atoms with Gasteiger partial charge < -0.3 is 19.1 Å². The highest BCUT2D eigenvalue weighted by Gasteiger charge is 2.49. The van der Waals surface area contributed by atoms with Crippen LogP contribution in [0.15, 0.2) is 72.1 Å². The average molecular weight is 535 g/mol. The molecule has 3 aliphatic rings. The van der Waals surface area contributed by atoms with Gasteiger partial charge in [0.1, 0.15) is 19.1 Å². The minimum absolute atomic E-state index is 0.145. The van der Waals surface area contributed by atoms with Gasteiger partial charge in [0.25, 0.3) is 0 Å². The summed E-state index contributed by atoms with van der Waals surface area (Å²) in [6.45, 7) is 5.35. The molecule has 3 saturated heterocycles. The van der Waals surface area contributed by atoms with Crippen molar-refractivity contribution in [3.8, 4) is 0 Å². The third-order valence-corrected chi connectivity index (χ3v) is 8.49. The SMILES string of the molecule is Cc1ccc(CNC(C(=O)O[C@H]2C[N+]3(CC(=O)c4cccs4)CCC2CC3)c2ccccc2)cc1.O=C[O-]. The number of rotatable bonds is 9. The van der Waals surface area contributed by atoms with Gasteiger partial charge in [-0.05, 0) is 29.5 Å². The van der Waals surface area contributed by atoms with E-state index in [2.05, 4.69) is 36.5 Å². The fraction of sp³-hybridized carbons (Fsp3) is 0.367. The van der Waals surface area contributed by atoms with Crippen LogP contribution in [0, 0.1) is 12.8 Å². The van der Waals surface area contributed by atoms with Gasteiger partial charge in [-0.15, -0.1) is 11.3 Å². The van der Waals surface area contributed by atoms with E-state index in [9.17, 15) is 9.59 Å². The zero-order valence-electron chi connectivity index (χ0n) is 21.6. The summed E-state index contributed by atoms with van der Waals surface area (Å²) in [6, 6.07) is 21.4. The average Bonchev–Trinajstić information content (AvgIpc) is 3.47. The number of carbonyl (C=O) groups excluding carboxylic acids is 3. The molecule has 4 heterocycles. The van der Waals surface area contributed by atoms with Crippen LogP contribution in [-0.2, 0) is 20.9 Å². The molecule has 3 aliphatic heterocycles. The fourth-order valence-corrected chi connectivity index (χ4v) is 6.18. The highest BCUT2D eigenvalue weighted by atomic mass is 32.1. The Morgan fingerprint density at radius 3 is 2.39 bits per heavy atom. The van der Waals surface area contributed by atoms with Gasteiger partial charge in [-0.3, -0.25) is 10.1 Å². The van der Waals surface area contributed by atoms with Gasteiger partial charge >= 0.3 is 5.97 Å². The number of hydrogen-bond acceptors (Lipinski definition) is 7. The van der Waals surface area contributed by atoms with Crippen LogP contribution >= 0.6 is 11.3 Å². The molecule has 2 atom stereocenters. The zero-order valence-corrected chi connectivity index (χ0v) is 22.4. The summed E-state index contributed by atoms with van der Waals surface area (Å²) in [5, 5.41) is 13.6. The lowest BCUT2D eigenvalue weighted by atomic mass is 9.83. The first kappa shape index (κ1) is 27.7. The van der Waals surface area contributed by atoms with E-state index in [1.54, 1.807) is 0 Å². The second-order valence-electron chi connectivity index (χ2n) is 10.1. The maximum Gasteiger partial charge on any atom is 0.328 e. The van der Waals surface area contributed by atoms with E-state index in [0.717, 1.165) is 53.0 Å². The number of carboxylic acid groups (broad SMARTS) is 1. The Balaban J connectivity index is 0.00000107. The van der Waals surface area contributed by atoms with Crippen molar-refractivity contribution >= 4 is 29.6 Å². The van der Waals surface area contributed by atoms with E-state index < -0.39 is 12.5 Å². The first-order valence-corrected chi connectivity index (χ1v) is 13.8. The van der Waals surface area contributed by atoms with Crippen molar-refractivity contribution in [2.45, 2.75) is 38.5 Å². The van der Waals surface area contributed by atoms with Crippen molar-refractivity contribution in [1.82, 2.24) is 5.32 Å². The van der Waals surface area contributed by atoms with Gasteiger partial charge in [-0.25, -0.2) is 4.79 Å². The lowest BCUT2D eigenvalue weighted by Gasteiger charge is -2.51. The molecular weight excluding hydrogens is 500 g/mol. The molecule has 1 unspecified atom stereocenters. The molecule has 3 fully saturated rings. The second-order valence-corrected chi connectivity index (χ2v) is 11.1. The lowest BCUT2D eigenvalue weighted by molar-refractivity contribution is -0.938. The number of fused-ring (bicyclic) bond motifs is 3. The summed E-state index contributed by atoms with van der Waals surface area (Å²) < 4.78 is 6.96. The normalized spacial score (nSPS) is 22.6. The van der Waals surface area contributed by atoms with E-state index in [4.69, 9.17) is 14.6 Å². The first-order chi connectivity index (χ1) is 18.4. The van der Waals surface area contributed by atoms with Gasteiger partial charge in [0, 0.05) is 31.8 Å². The van der Waals surface area contributed by atoms with E-state index in [1.807, 2.05) is 47.8 Å². The van der Waals surface area contributed by atoms with E-state index in [-0.39, 0.29) is 17.9 Å². The number of aryl methyl sites for hydroxylation is 1. The van der Waals surface area contributed by atoms with Gasteiger partial charge in [0.2, 0.25) is 5.78 Å². The predicted octanol–water partition coefficient (Wildman–Crippen LogP) is 3.29. The number of quaternary nitrogens is 1. The number of ketones is 1. The molecule has 0 radical (unpaired) electrons. The van der Waals surface area contributed by atoms with Crippen molar-refractivity contribution in [3.05, 3.63) is 93.7 Å². The fourth-order valence-electron chi connectivity index (χ4n) is 5.52. The van der Waals surface area contributed by atoms with Crippen LogP contribution in [0.1, 0.15) is 45.2 Å². The Morgan fingerprint density at radius 1 is 1.08 bits per heavy atom. The number of hydrogen-bond donors (Lipinski definition) is 1. The Hall–Kier alpha value is -3.33. The summed E-state index contributed by atoms with van der Waals surface area (Å²) in [5.74, 6) is 0.349. The second kappa shape index (κ2) is 13.0. The molecule has 0 amide bonds. The molecule has 1 aromatic heterocycles. The maximum absolute atomic E-state index is 13.5. The van der Waals surface area contributed by atoms with Crippen LogP contribution in [0.3, 0.4) is 0 Å². The largest absolute Gasteiger partial charge is 0.554 e. The van der Waals surface area contributed by atoms with Gasteiger partial charge in [0.15, 0.2) is 6.10 Å². The van der Waals surface area contributed by atoms with Crippen molar-refractivity contribution in [2.24, 2.45) is 5.92 Å². The molecule has 2 bridgehead atoms. The predicted molar refractivity (Wildman–Crippen MR) is 144 cm³/mol. The van der Waals surface area contributed by atoms with E-state index in [0.29, 0.717) is 19.0 Å². The topological polar surface area (TPSA) is 95.5 Å². The molecular formula is C30H34N2O5S. The van der Waals surface area contributed by atoms with Crippen LogP contribution in [0.4, 0.5) is 0 Å². The minimum atomic E-state index is -0.533. The standard InChI is InChI=1S/C29H33N2O3S.CH2O2/c1-21-9-11-22(12-10-21)18-30-28(24-6-3-2-4-7-24)29(33)34-26-20-31(15-13-23(26)14-16-31)19-25(32)27-8-5-17-35-27;2-1-3/h2-12,17,23,26,28,30H,13-16,18-20H2,1H3;1H,(H,2,3)/q+1;/p-1/t23?,26-,28?,31?;/m0./s1. The number of carbonyl (C=O) groups is 3. The Kier molecular flexibility index (Phi) is 9.44. The first-order valence-electron chi connectivity index (χ1n) is 12.9. The number of thiophene rings is 1. The van der Waals surface area contributed by atoms with E-state index >= 15 is 0 Å². The summed E-state index contributed by atoms with van der Waals surface area (Å²) >= 11 is 1.51. The molecule has 3 aromatic rings. The molecule has 0 aliphatic carbocycles. The van der Waals surface area contributed by atoms with Crippen LogP contribution < -0.4 is 10.4 Å². The van der Waals surface area contributed by atoms with Crippen LogP contribution in [-0.4, -0.2) is 55.0 Å². The summed E-state index contributed by atoms with van der Waals surface area (Å²) in [4.78, 5) is 35.5. The van der Waals surface area contributed by atoms with Crippen LogP contribution in [0.5, 0.6) is 0 Å². The Bertz CT molecular complexity index is 1190. The molecule has 6 rings (SSSR count). The van der Waals surface area contributed by atoms with Crippen molar-refractivity contribution < 1.29 is 28.7 Å². The molecule has 200 valence electrons. The Morgan fingerprint density at radius 2 is 1.76 bits per heavy atom. The zero-order chi connectivity index (χ0) is 27.0. The van der Waals surface area contributed by atoms with E-state index in [1.165, 1.54) is 16.9 Å². The highest BCUT2D eigenvalue weighted by Crippen LogP contribution is 2.36. The maximum atomic E-state index is 13.5. The molecule has 0 saturated carbocycles. The molecule has 1 N–H and O–H groups in total. The minimum Gasteiger partial charge on any atom is -0.554 e. The molecule has 0 spiro atoms. The van der Waals surface area contributed by atoms with Crippen LogP contribution in [0.25, 0.3) is 0 Å². The Labute approximate surface area is 227 Å². The third-order valence-electron chi connectivity index (χ3n) is 7.58. The van der Waals surface area contributed by atoms with Gasteiger partial charge in [0.05, 0.1) is 18.0 Å². The monoisotopic (exact) mass is 534 g/mol. The highest BCUT2D eigenvalue weighted by molar-refractivity contribution is 7.12. The van der Waals surface area contributed by atoms with Crippen molar-refractivity contribution in [2.75, 3.05) is 26.2 Å². The smallest absolute Gasteiger partial charge is 0.328 e. The van der Waals surface area contributed by atoms with Gasteiger partial charge in [-0.1, -0.05) is 66.2 Å². The molecule has 2 aromatic carbocycles. The number of ether oxygens (including phenoxy) is 1. The summed E-state index contributed by atoms with van der Waals surface area (Å²) in [5.41, 5.74) is 3.25. The molecule has 7 nitrogen and oxygen atoms in total. The number of Topliss-reactive ketones (excluding diaryl/α,β-unsaturated/α-hetero) is 1. The summed E-state index contributed by atoms with van der Waals surface area (Å²) in [7, 11) is 0. The van der Waals surface area contributed by atoms with Crippen molar-refractivity contribution in [3.63, 3.8) is 0 Å². The molecule has 8 heteroatoms. The van der Waals surface area contributed by atoms with Crippen LogP contribution in [0.2, 0.25) is 0 Å². The quantitative estimate of drug-likeness (QED) is 0.196. The lowest BCUT2D eigenvalue weighted by Crippen LogP contribution is -2.65. The number of esters is 1. The van der Waals surface area contributed by atoms with Gasteiger partial charge in [-0.2, -0.15) is 0 Å². The molecule has 38 heavy (non-hydrogen) atoms. The third kappa shape index (κ3) is 6.95. The number of benzene rings is 2.